The van der Waals surface area contributed by atoms with Crippen molar-refractivity contribution in [1.82, 2.24) is 0 Å². The van der Waals surface area contributed by atoms with Crippen molar-refractivity contribution in [3.8, 4) is 0 Å². The number of nitrogens with two attached hydrogens (primary N) is 1. The highest BCUT2D eigenvalue weighted by molar-refractivity contribution is 5.66. The fourth-order valence-electron chi connectivity index (χ4n) is 0.811. The number of rotatable bonds is 6. The van der Waals surface area contributed by atoms with Gasteiger partial charge >= 0.3 is 5.97 Å². The first-order chi connectivity index (χ1) is 5.27. The minimum absolute atomic E-state index is 0.284. The Bertz CT molecular complexity index is 132. The second kappa shape index (κ2) is 7.12. The van der Waals surface area contributed by atoms with Crippen LogP contribution in [0.5, 0.6) is 0 Å². The molecule has 0 radical (unpaired) electrons. The molecule has 0 amide bonds. The van der Waals surface area contributed by atoms with Crippen molar-refractivity contribution in [3.05, 3.63) is 12.3 Å². The third-order valence-corrected chi connectivity index (χ3v) is 1.40. The zero-order chi connectivity index (χ0) is 8.53. The molecular formula is C8H15NO2. The summed E-state index contributed by atoms with van der Waals surface area (Å²) in [6.45, 7) is 0. The molecular weight excluding hydrogens is 142 g/mol. The van der Waals surface area contributed by atoms with Crippen molar-refractivity contribution in [3.63, 3.8) is 0 Å². The van der Waals surface area contributed by atoms with Crippen LogP contribution in [0, 0.1) is 0 Å². The summed E-state index contributed by atoms with van der Waals surface area (Å²) in [5, 5.41) is 8.28. The van der Waals surface area contributed by atoms with Crippen LogP contribution < -0.4 is 5.73 Å². The summed E-state index contributed by atoms with van der Waals surface area (Å²) in [4.78, 5) is 10.1. The van der Waals surface area contributed by atoms with Gasteiger partial charge in [-0.1, -0.05) is 12.5 Å². The van der Waals surface area contributed by atoms with Gasteiger partial charge in [-0.15, -0.1) is 0 Å². The number of carboxylic acid groups (broad SMARTS) is 1. The molecule has 0 saturated heterocycles. The van der Waals surface area contributed by atoms with Crippen molar-refractivity contribution in [2.45, 2.75) is 32.1 Å². The standard InChI is InChI=1S/C8H15NO2/c9-7-5-3-1-2-4-6-8(10)11/h5,7H,1-4,6,9H2,(H,10,11)/b7-5+. The zero-order valence-electron chi connectivity index (χ0n) is 6.62. The molecule has 0 atom stereocenters. The van der Waals surface area contributed by atoms with Crippen LogP contribution in [0.3, 0.4) is 0 Å². The lowest BCUT2D eigenvalue weighted by Crippen LogP contribution is -1.93. The molecule has 0 aromatic heterocycles. The monoisotopic (exact) mass is 157 g/mol. The summed E-state index contributed by atoms with van der Waals surface area (Å²) in [7, 11) is 0. The summed E-state index contributed by atoms with van der Waals surface area (Å²) in [5.41, 5.74) is 5.12. The predicted octanol–water partition coefficient (Wildman–Crippen LogP) is 1.49. The zero-order valence-corrected chi connectivity index (χ0v) is 6.62. The molecule has 0 unspecified atom stereocenters. The van der Waals surface area contributed by atoms with Crippen molar-refractivity contribution < 1.29 is 9.90 Å². The second-order valence-electron chi connectivity index (χ2n) is 2.42. The molecule has 0 heterocycles. The van der Waals surface area contributed by atoms with E-state index in [-0.39, 0.29) is 6.42 Å². The average molecular weight is 157 g/mol. The van der Waals surface area contributed by atoms with E-state index in [0.29, 0.717) is 0 Å². The number of allylic oxidation sites excluding steroid dienone is 1. The maximum absolute atomic E-state index is 10.1. The van der Waals surface area contributed by atoms with Crippen LogP contribution in [-0.2, 0) is 4.79 Å². The first-order valence-electron chi connectivity index (χ1n) is 3.86. The lowest BCUT2D eigenvalue weighted by molar-refractivity contribution is -0.137. The third-order valence-electron chi connectivity index (χ3n) is 1.40. The van der Waals surface area contributed by atoms with Crippen LogP contribution in [0.15, 0.2) is 12.3 Å². The maximum Gasteiger partial charge on any atom is 0.303 e. The van der Waals surface area contributed by atoms with Crippen LogP contribution >= 0.6 is 0 Å². The SMILES string of the molecule is N/C=C/CCCCCC(=O)O. The molecule has 0 aromatic rings. The normalized spacial score (nSPS) is 10.5. The van der Waals surface area contributed by atoms with Gasteiger partial charge in [-0.05, 0) is 25.5 Å². The highest BCUT2D eigenvalue weighted by Crippen LogP contribution is 2.02. The largest absolute Gasteiger partial charge is 0.481 e. The van der Waals surface area contributed by atoms with Gasteiger partial charge in [-0.25, -0.2) is 0 Å². The van der Waals surface area contributed by atoms with Gasteiger partial charge in [0.25, 0.3) is 0 Å². The van der Waals surface area contributed by atoms with Gasteiger partial charge in [-0.2, -0.15) is 0 Å². The Morgan fingerprint density at radius 3 is 2.64 bits per heavy atom. The van der Waals surface area contributed by atoms with E-state index in [1.807, 2.05) is 6.08 Å². The van der Waals surface area contributed by atoms with Gasteiger partial charge in [0, 0.05) is 6.42 Å². The Kier molecular flexibility index (Phi) is 6.48. The fraction of sp³-hybridized carbons (Fsp3) is 0.625. The number of aliphatic carboxylic acids is 1. The Hall–Kier alpha value is -0.990. The summed E-state index contributed by atoms with van der Waals surface area (Å²) >= 11 is 0. The first kappa shape index (κ1) is 10.0. The quantitative estimate of drug-likeness (QED) is 0.574. The maximum atomic E-state index is 10.1. The van der Waals surface area contributed by atoms with E-state index in [1.165, 1.54) is 6.20 Å². The van der Waals surface area contributed by atoms with Gasteiger partial charge in [0.15, 0.2) is 0 Å². The van der Waals surface area contributed by atoms with E-state index in [9.17, 15) is 4.79 Å². The van der Waals surface area contributed by atoms with E-state index >= 15 is 0 Å². The molecule has 0 fully saturated rings. The third kappa shape index (κ3) is 9.01. The van der Waals surface area contributed by atoms with E-state index in [2.05, 4.69) is 0 Å². The molecule has 0 aliphatic rings. The molecule has 3 nitrogen and oxygen atoms in total. The summed E-state index contributed by atoms with van der Waals surface area (Å²) in [5.74, 6) is -0.709. The van der Waals surface area contributed by atoms with Crippen LogP contribution in [-0.4, -0.2) is 11.1 Å². The molecule has 11 heavy (non-hydrogen) atoms. The van der Waals surface area contributed by atoms with Crippen molar-refractivity contribution >= 4 is 5.97 Å². The number of carbonyl (C=O) groups is 1. The Morgan fingerprint density at radius 2 is 2.09 bits per heavy atom. The fourth-order valence-corrected chi connectivity index (χ4v) is 0.811. The molecule has 0 saturated carbocycles. The van der Waals surface area contributed by atoms with E-state index in [0.717, 1.165) is 25.7 Å². The van der Waals surface area contributed by atoms with Gasteiger partial charge in [-0.3, -0.25) is 4.79 Å². The lowest BCUT2D eigenvalue weighted by Gasteiger charge is -1.94. The molecule has 3 N–H and O–H groups in total. The topological polar surface area (TPSA) is 63.3 Å². The minimum atomic E-state index is -0.709. The Labute approximate surface area is 66.9 Å². The van der Waals surface area contributed by atoms with Gasteiger partial charge in [0.2, 0.25) is 0 Å². The Balaban J connectivity index is 2.96. The average Bonchev–Trinajstić information content (AvgIpc) is 1.96. The van der Waals surface area contributed by atoms with Crippen LogP contribution in [0.25, 0.3) is 0 Å². The van der Waals surface area contributed by atoms with Crippen molar-refractivity contribution in [2.75, 3.05) is 0 Å². The number of hydrogen-bond donors (Lipinski definition) is 2. The molecule has 0 spiro atoms. The Morgan fingerprint density at radius 1 is 1.36 bits per heavy atom. The summed E-state index contributed by atoms with van der Waals surface area (Å²) in [6, 6.07) is 0. The minimum Gasteiger partial charge on any atom is -0.481 e. The smallest absolute Gasteiger partial charge is 0.303 e. The number of carboxylic acids is 1. The molecule has 0 bridgehead atoms. The van der Waals surface area contributed by atoms with Crippen molar-refractivity contribution in [2.24, 2.45) is 5.73 Å². The second-order valence-corrected chi connectivity index (χ2v) is 2.42. The molecule has 64 valence electrons. The summed E-state index contributed by atoms with van der Waals surface area (Å²) in [6.07, 6.45) is 7.42. The highest BCUT2D eigenvalue weighted by atomic mass is 16.4. The number of hydrogen-bond acceptors (Lipinski definition) is 2. The van der Waals surface area contributed by atoms with Gasteiger partial charge < -0.3 is 10.8 Å². The van der Waals surface area contributed by atoms with E-state index in [1.54, 1.807) is 0 Å². The van der Waals surface area contributed by atoms with Crippen LogP contribution in [0.4, 0.5) is 0 Å². The highest BCUT2D eigenvalue weighted by Gasteiger charge is 1.94. The summed E-state index contributed by atoms with van der Waals surface area (Å²) < 4.78 is 0. The molecule has 0 aliphatic carbocycles. The van der Waals surface area contributed by atoms with Crippen LogP contribution in [0.1, 0.15) is 32.1 Å². The number of unbranched alkanes of at least 4 members (excludes halogenated alkanes) is 3. The van der Waals surface area contributed by atoms with Crippen molar-refractivity contribution in [1.29, 1.82) is 0 Å². The van der Waals surface area contributed by atoms with Gasteiger partial charge in [0.05, 0.1) is 0 Å². The van der Waals surface area contributed by atoms with Crippen LogP contribution in [0.2, 0.25) is 0 Å². The van der Waals surface area contributed by atoms with E-state index < -0.39 is 5.97 Å². The molecule has 0 aliphatic heterocycles. The van der Waals surface area contributed by atoms with E-state index in [4.69, 9.17) is 10.8 Å². The molecule has 0 rings (SSSR count). The van der Waals surface area contributed by atoms with Gasteiger partial charge in [0.1, 0.15) is 0 Å². The predicted molar refractivity (Wildman–Crippen MR) is 44.0 cm³/mol. The molecule has 0 aromatic carbocycles. The molecule has 3 heteroatoms. The first-order valence-corrected chi connectivity index (χ1v) is 3.86. The lowest BCUT2D eigenvalue weighted by atomic mass is 10.1.